The highest BCUT2D eigenvalue weighted by Crippen LogP contribution is 2.24. The van der Waals surface area contributed by atoms with E-state index in [9.17, 15) is 0 Å². The van der Waals surface area contributed by atoms with Crippen LogP contribution in [-0.4, -0.2) is 44.1 Å². The highest BCUT2D eigenvalue weighted by atomic mass is 15.4. The molecule has 7 heteroatoms. The highest BCUT2D eigenvalue weighted by Gasteiger charge is 2.25. The van der Waals surface area contributed by atoms with Crippen LogP contribution in [0.15, 0.2) is 6.20 Å². The van der Waals surface area contributed by atoms with Crippen LogP contribution in [0.1, 0.15) is 26.0 Å². The summed E-state index contributed by atoms with van der Waals surface area (Å²) in [5.41, 5.74) is 8.21. The molecule has 3 heterocycles. The summed E-state index contributed by atoms with van der Waals surface area (Å²) in [6, 6.07) is 0.185. The number of hydrogen-bond donors (Lipinski definition) is 2. The molecule has 1 saturated heterocycles. The van der Waals surface area contributed by atoms with E-state index in [-0.39, 0.29) is 6.04 Å². The number of H-pyrrole nitrogens is 1. The molecular formula is C14H23N7. The zero-order chi connectivity index (χ0) is 15.0. The second kappa shape index (κ2) is 5.48. The zero-order valence-electron chi connectivity index (χ0n) is 12.9. The van der Waals surface area contributed by atoms with Gasteiger partial charge in [-0.2, -0.15) is 10.1 Å². The summed E-state index contributed by atoms with van der Waals surface area (Å²) >= 11 is 0. The summed E-state index contributed by atoms with van der Waals surface area (Å²) in [4.78, 5) is 6.80. The third kappa shape index (κ3) is 2.65. The minimum atomic E-state index is 0.185. The Labute approximate surface area is 124 Å². The van der Waals surface area contributed by atoms with Gasteiger partial charge in [0, 0.05) is 32.4 Å². The number of anilines is 1. The van der Waals surface area contributed by atoms with E-state index in [0.29, 0.717) is 5.92 Å². The van der Waals surface area contributed by atoms with Crippen molar-refractivity contribution >= 4 is 5.95 Å². The largest absolute Gasteiger partial charge is 0.338 e. The molecule has 21 heavy (non-hydrogen) atoms. The molecule has 1 fully saturated rings. The Morgan fingerprint density at radius 3 is 3.00 bits per heavy atom. The van der Waals surface area contributed by atoms with Crippen molar-refractivity contribution in [3.63, 3.8) is 0 Å². The quantitative estimate of drug-likeness (QED) is 0.878. The predicted molar refractivity (Wildman–Crippen MR) is 81.9 cm³/mol. The van der Waals surface area contributed by atoms with E-state index in [1.54, 1.807) is 0 Å². The van der Waals surface area contributed by atoms with E-state index in [4.69, 9.17) is 5.73 Å². The maximum Gasteiger partial charge on any atom is 0.245 e. The number of hydrogen-bond acceptors (Lipinski definition) is 5. The van der Waals surface area contributed by atoms with E-state index in [1.807, 2.05) is 17.9 Å². The molecule has 0 amide bonds. The van der Waals surface area contributed by atoms with Crippen LogP contribution in [0.2, 0.25) is 0 Å². The monoisotopic (exact) mass is 289 g/mol. The van der Waals surface area contributed by atoms with Crippen LogP contribution in [0, 0.1) is 5.92 Å². The summed E-state index contributed by atoms with van der Waals surface area (Å²) < 4.78 is 1.81. The lowest BCUT2D eigenvalue weighted by molar-refractivity contribution is 0.376. The zero-order valence-corrected chi connectivity index (χ0v) is 12.9. The van der Waals surface area contributed by atoms with Gasteiger partial charge >= 0.3 is 0 Å². The number of rotatable bonds is 3. The Morgan fingerprint density at radius 1 is 1.48 bits per heavy atom. The van der Waals surface area contributed by atoms with Gasteiger partial charge < -0.3 is 10.6 Å². The number of piperidine rings is 1. The Morgan fingerprint density at radius 2 is 2.29 bits per heavy atom. The lowest BCUT2D eigenvalue weighted by Crippen LogP contribution is -2.48. The lowest BCUT2D eigenvalue weighted by atomic mass is 9.95. The average Bonchev–Trinajstić information content (AvgIpc) is 3.08. The first-order chi connectivity index (χ1) is 10.1. The van der Waals surface area contributed by atoms with Crippen molar-refractivity contribution in [2.75, 3.05) is 18.0 Å². The third-order valence-electron chi connectivity index (χ3n) is 4.27. The maximum atomic E-state index is 6.15. The molecule has 0 radical (unpaired) electrons. The SMILES string of the molecule is CCc1nn(C)cc1-c1nc(N2CCC(C)C(N)C2)n[nH]1. The van der Waals surface area contributed by atoms with Gasteiger partial charge in [0.05, 0.1) is 11.3 Å². The summed E-state index contributed by atoms with van der Waals surface area (Å²) in [5, 5.41) is 11.8. The molecule has 0 aliphatic carbocycles. The second-order valence-corrected chi connectivity index (χ2v) is 5.88. The van der Waals surface area contributed by atoms with Gasteiger partial charge in [0.1, 0.15) is 0 Å². The molecule has 114 valence electrons. The first-order valence-corrected chi connectivity index (χ1v) is 7.54. The van der Waals surface area contributed by atoms with E-state index in [2.05, 4.69) is 39.0 Å². The van der Waals surface area contributed by atoms with E-state index >= 15 is 0 Å². The van der Waals surface area contributed by atoms with Gasteiger partial charge in [0.2, 0.25) is 5.95 Å². The van der Waals surface area contributed by atoms with Crippen molar-refractivity contribution in [1.29, 1.82) is 0 Å². The number of nitrogens with zero attached hydrogens (tertiary/aromatic N) is 5. The number of nitrogens with one attached hydrogen (secondary N) is 1. The molecule has 0 saturated carbocycles. The fourth-order valence-electron chi connectivity index (χ4n) is 2.79. The molecule has 2 aromatic heterocycles. The van der Waals surface area contributed by atoms with Crippen molar-refractivity contribution in [2.45, 2.75) is 32.7 Å². The molecule has 2 aromatic rings. The Balaban J connectivity index is 1.83. The summed E-state index contributed by atoms with van der Waals surface area (Å²) in [6.45, 7) is 6.06. The van der Waals surface area contributed by atoms with Crippen LogP contribution in [0.25, 0.3) is 11.4 Å². The molecule has 1 aliphatic rings. The van der Waals surface area contributed by atoms with Crippen LogP contribution in [0.3, 0.4) is 0 Å². The van der Waals surface area contributed by atoms with Gasteiger partial charge in [-0.15, -0.1) is 5.10 Å². The van der Waals surface area contributed by atoms with E-state index in [1.165, 1.54) is 0 Å². The van der Waals surface area contributed by atoms with Gasteiger partial charge in [-0.3, -0.25) is 9.78 Å². The summed E-state index contributed by atoms with van der Waals surface area (Å²) in [6.07, 6.45) is 3.93. The summed E-state index contributed by atoms with van der Waals surface area (Å²) in [7, 11) is 1.92. The molecule has 2 atom stereocenters. The van der Waals surface area contributed by atoms with Gasteiger partial charge in [-0.1, -0.05) is 13.8 Å². The smallest absolute Gasteiger partial charge is 0.245 e. The molecule has 1 aliphatic heterocycles. The van der Waals surface area contributed by atoms with Crippen molar-refractivity contribution in [3.8, 4) is 11.4 Å². The fourth-order valence-corrected chi connectivity index (χ4v) is 2.79. The first-order valence-electron chi connectivity index (χ1n) is 7.54. The first kappa shape index (κ1) is 14.1. The minimum Gasteiger partial charge on any atom is -0.338 e. The molecule has 3 N–H and O–H groups in total. The minimum absolute atomic E-state index is 0.185. The Bertz CT molecular complexity index is 615. The predicted octanol–water partition coefficient (Wildman–Crippen LogP) is 0.941. The normalized spacial score (nSPS) is 22.8. The van der Waals surface area contributed by atoms with Crippen LogP contribution in [-0.2, 0) is 13.5 Å². The third-order valence-corrected chi connectivity index (χ3v) is 4.27. The number of nitrogens with two attached hydrogens (primary N) is 1. The van der Waals surface area contributed by atoms with Gasteiger partial charge in [-0.05, 0) is 18.8 Å². The Kier molecular flexibility index (Phi) is 3.67. The van der Waals surface area contributed by atoms with Gasteiger partial charge in [0.25, 0.3) is 0 Å². The molecule has 7 nitrogen and oxygen atoms in total. The fraction of sp³-hybridized carbons (Fsp3) is 0.643. The molecule has 0 aromatic carbocycles. The Hall–Kier alpha value is -1.89. The topological polar surface area (TPSA) is 88.7 Å². The molecule has 2 unspecified atom stereocenters. The van der Waals surface area contributed by atoms with Crippen molar-refractivity contribution in [2.24, 2.45) is 18.7 Å². The van der Waals surface area contributed by atoms with Crippen molar-refractivity contribution in [1.82, 2.24) is 25.0 Å². The molecule has 3 rings (SSSR count). The van der Waals surface area contributed by atoms with Crippen LogP contribution >= 0.6 is 0 Å². The van der Waals surface area contributed by atoms with Gasteiger partial charge in [-0.25, -0.2) is 0 Å². The van der Waals surface area contributed by atoms with Crippen LogP contribution < -0.4 is 10.6 Å². The van der Waals surface area contributed by atoms with Gasteiger partial charge in [0.15, 0.2) is 5.82 Å². The van der Waals surface area contributed by atoms with E-state index < -0.39 is 0 Å². The standard InChI is InChI=1S/C14H23N7/c1-4-12-10(7-20(3)19-12)13-16-14(18-17-13)21-6-5-9(2)11(15)8-21/h7,9,11H,4-6,8,15H2,1-3H3,(H,16,17,18). The number of aromatic nitrogens is 5. The molecule has 0 spiro atoms. The number of aromatic amines is 1. The van der Waals surface area contributed by atoms with Crippen LogP contribution in [0.5, 0.6) is 0 Å². The highest BCUT2D eigenvalue weighted by molar-refractivity contribution is 5.58. The molecule has 0 bridgehead atoms. The van der Waals surface area contributed by atoms with E-state index in [0.717, 1.165) is 49.0 Å². The van der Waals surface area contributed by atoms with Crippen LogP contribution in [0.4, 0.5) is 5.95 Å². The second-order valence-electron chi connectivity index (χ2n) is 5.88. The maximum absolute atomic E-state index is 6.15. The number of aryl methyl sites for hydroxylation is 2. The van der Waals surface area contributed by atoms with Crippen molar-refractivity contribution < 1.29 is 0 Å². The summed E-state index contributed by atoms with van der Waals surface area (Å²) in [5.74, 6) is 2.07. The van der Waals surface area contributed by atoms with Crippen molar-refractivity contribution in [3.05, 3.63) is 11.9 Å². The average molecular weight is 289 g/mol. The molecular weight excluding hydrogens is 266 g/mol. The lowest BCUT2D eigenvalue weighted by Gasteiger charge is -2.34.